The number of halogens is 3. The van der Waals surface area contributed by atoms with Gasteiger partial charge in [0.2, 0.25) is 10.0 Å². The molecule has 1 fully saturated rings. The molecule has 0 bridgehead atoms. The Balaban J connectivity index is 1.51. The highest BCUT2D eigenvalue weighted by Crippen LogP contribution is 2.44. The molecule has 3 aromatic carbocycles. The third-order valence-corrected chi connectivity index (χ3v) is 9.59. The second-order valence-electron chi connectivity index (χ2n) is 11.5. The number of sulfonamides is 1. The van der Waals surface area contributed by atoms with Crippen molar-refractivity contribution in [3.8, 4) is 22.5 Å². The average Bonchev–Trinajstić information content (AvgIpc) is 3.44. The molecule has 1 saturated carbocycles. The summed E-state index contributed by atoms with van der Waals surface area (Å²) in [5.41, 5.74) is -1.47. The van der Waals surface area contributed by atoms with E-state index in [4.69, 9.17) is 4.42 Å². The lowest BCUT2D eigenvalue weighted by molar-refractivity contribution is 0.0481. The summed E-state index contributed by atoms with van der Waals surface area (Å²) in [6, 6.07) is 13.7. The number of hydrogen-bond donors (Lipinski definition) is 3. The standard InChI is InChI=1S/C34H30F3N5O5S/c1-3-14-48(45,46)42-24-16-25-27(28(32(44)38-2)30(47-25)19-8-10-22(35)11-9-19)29(37)26(24)20-6-4-7-21(15-20)31(43)41-34(17-23(36)18-34)33-39-12-5-13-40-33/h4-13,15-16,23,42H,3,14,17-18H2,1-2H3,(H,38,44)(H,41,43). The Morgan fingerprint density at radius 3 is 2.33 bits per heavy atom. The molecule has 5 aromatic rings. The van der Waals surface area contributed by atoms with Gasteiger partial charge in [0.05, 0.1) is 22.4 Å². The second-order valence-corrected chi connectivity index (χ2v) is 13.3. The van der Waals surface area contributed by atoms with Crippen molar-refractivity contribution in [3.63, 3.8) is 0 Å². The zero-order valence-electron chi connectivity index (χ0n) is 25.8. The summed E-state index contributed by atoms with van der Waals surface area (Å²) in [4.78, 5) is 35.2. The van der Waals surface area contributed by atoms with Gasteiger partial charge in [-0.1, -0.05) is 19.1 Å². The Kier molecular flexibility index (Phi) is 8.69. The van der Waals surface area contributed by atoms with Crippen LogP contribution in [0.2, 0.25) is 0 Å². The number of carbonyl (C=O) groups excluding carboxylic acids is 2. The van der Waals surface area contributed by atoms with Gasteiger partial charge in [-0.2, -0.15) is 0 Å². The molecular formula is C34H30F3N5O5S. The molecule has 248 valence electrons. The summed E-state index contributed by atoms with van der Waals surface area (Å²) in [6.07, 6.45) is 2.03. The van der Waals surface area contributed by atoms with Crippen LogP contribution in [0.15, 0.2) is 77.5 Å². The first-order valence-corrected chi connectivity index (χ1v) is 16.7. The molecule has 1 aliphatic rings. The summed E-state index contributed by atoms with van der Waals surface area (Å²) < 4.78 is 79.2. The Bertz CT molecular complexity index is 2130. The Hall–Kier alpha value is -5.24. The molecular weight excluding hydrogens is 647 g/mol. The third kappa shape index (κ3) is 6.10. The van der Waals surface area contributed by atoms with Crippen LogP contribution in [0.4, 0.5) is 18.9 Å². The molecule has 6 rings (SSSR count). The number of carbonyl (C=O) groups is 2. The third-order valence-electron chi connectivity index (χ3n) is 8.12. The van der Waals surface area contributed by atoms with Gasteiger partial charge >= 0.3 is 0 Å². The molecule has 0 unspecified atom stereocenters. The quantitative estimate of drug-likeness (QED) is 0.162. The molecule has 3 N–H and O–H groups in total. The van der Waals surface area contributed by atoms with Crippen LogP contribution in [-0.2, 0) is 15.6 Å². The van der Waals surface area contributed by atoms with Crippen LogP contribution in [-0.4, -0.2) is 49.2 Å². The maximum Gasteiger partial charge on any atom is 0.255 e. The van der Waals surface area contributed by atoms with Gasteiger partial charge in [-0.25, -0.2) is 31.6 Å². The van der Waals surface area contributed by atoms with Crippen molar-refractivity contribution >= 4 is 38.5 Å². The van der Waals surface area contributed by atoms with E-state index in [1.54, 1.807) is 13.0 Å². The number of fused-ring (bicyclic) bond motifs is 1. The van der Waals surface area contributed by atoms with Crippen molar-refractivity contribution in [1.82, 2.24) is 20.6 Å². The predicted octanol–water partition coefficient (Wildman–Crippen LogP) is 6.10. The summed E-state index contributed by atoms with van der Waals surface area (Å²) in [5.74, 6) is -2.92. The number of nitrogens with one attached hydrogen (secondary N) is 3. The molecule has 0 radical (unpaired) electrons. The van der Waals surface area contributed by atoms with Gasteiger partial charge in [0, 0.05) is 55.0 Å². The van der Waals surface area contributed by atoms with Crippen LogP contribution in [0.3, 0.4) is 0 Å². The van der Waals surface area contributed by atoms with E-state index in [-0.39, 0.29) is 81.1 Å². The minimum absolute atomic E-state index is 0.0315. The zero-order chi connectivity index (χ0) is 34.2. The van der Waals surface area contributed by atoms with Crippen molar-refractivity contribution in [2.45, 2.75) is 37.9 Å². The zero-order valence-corrected chi connectivity index (χ0v) is 26.6. The second kappa shape index (κ2) is 12.8. The molecule has 14 heteroatoms. The highest BCUT2D eigenvalue weighted by molar-refractivity contribution is 7.92. The van der Waals surface area contributed by atoms with E-state index in [2.05, 4.69) is 25.3 Å². The maximum atomic E-state index is 17.0. The number of anilines is 1. The summed E-state index contributed by atoms with van der Waals surface area (Å²) in [6.45, 7) is 1.67. The van der Waals surface area contributed by atoms with E-state index < -0.39 is 45.2 Å². The number of aromatic nitrogens is 2. The highest BCUT2D eigenvalue weighted by Gasteiger charge is 2.49. The lowest BCUT2D eigenvalue weighted by atomic mass is 9.74. The fourth-order valence-electron chi connectivity index (χ4n) is 5.90. The Morgan fingerprint density at radius 2 is 1.69 bits per heavy atom. The van der Waals surface area contributed by atoms with Crippen molar-refractivity contribution in [3.05, 3.63) is 102 Å². The molecule has 2 amide bonds. The van der Waals surface area contributed by atoms with Crippen molar-refractivity contribution < 1.29 is 35.6 Å². The van der Waals surface area contributed by atoms with Crippen LogP contribution in [0, 0.1) is 11.6 Å². The maximum absolute atomic E-state index is 17.0. The number of nitrogens with zero attached hydrogens (tertiary/aromatic N) is 2. The molecule has 1 aliphatic carbocycles. The monoisotopic (exact) mass is 677 g/mol. The van der Waals surface area contributed by atoms with Crippen LogP contribution in [0.5, 0.6) is 0 Å². The molecule has 2 heterocycles. The number of rotatable bonds is 10. The summed E-state index contributed by atoms with van der Waals surface area (Å²) in [7, 11) is -2.62. The van der Waals surface area contributed by atoms with E-state index in [1.807, 2.05) is 0 Å². The SMILES string of the molecule is CCCS(=O)(=O)Nc1cc2oc(-c3ccc(F)cc3)c(C(=O)NC)c2c(F)c1-c1cccc(C(=O)NC2(c3ncccn3)CC(F)C2)c1. The Labute approximate surface area is 273 Å². The number of amides is 2. The molecule has 2 aromatic heterocycles. The van der Waals surface area contributed by atoms with Crippen LogP contribution >= 0.6 is 0 Å². The molecule has 0 spiro atoms. The number of alkyl halides is 1. The lowest BCUT2D eigenvalue weighted by Gasteiger charge is -2.43. The van der Waals surface area contributed by atoms with E-state index in [0.717, 1.165) is 12.1 Å². The number of hydrogen-bond acceptors (Lipinski definition) is 7. The van der Waals surface area contributed by atoms with Gasteiger partial charge in [-0.3, -0.25) is 14.3 Å². The molecule has 10 nitrogen and oxygen atoms in total. The number of furan rings is 1. The first-order chi connectivity index (χ1) is 22.9. The molecule has 0 saturated heterocycles. The highest BCUT2D eigenvalue weighted by atomic mass is 32.2. The van der Waals surface area contributed by atoms with Gasteiger partial charge in [0.15, 0.2) is 5.82 Å². The summed E-state index contributed by atoms with van der Waals surface area (Å²) >= 11 is 0. The summed E-state index contributed by atoms with van der Waals surface area (Å²) in [5, 5.41) is 5.06. The largest absolute Gasteiger partial charge is 0.455 e. The van der Waals surface area contributed by atoms with E-state index in [1.165, 1.54) is 61.9 Å². The van der Waals surface area contributed by atoms with E-state index in [0.29, 0.717) is 0 Å². The predicted molar refractivity (Wildman–Crippen MR) is 173 cm³/mol. The van der Waals surface area contributed by atoms with Gasteiger partial charge in [0.1, 0.15) is 34.7 Å². The fourth-order valence-corrected chi connectivity index (χ4v) is 7.04. The fraction of sp³-hybridized carbons (Fsp3) is 0.235. The minimum Gasteiger partial charge on any atom is -0.455 e. The smallest absolute Gasteiger partial charge is 0.255 e. The van der Waals surface area contributed by atoms with Crippen LogP contribution in [0.1, 0.15) is 52.7 Å². The first kappa shape index (κ1) is 32.7. The van der Waals surface area contributed by atoms with Gasteiger partial charge < -0.3 is 15.1 Å². The molecule has 48 heavy (non-hydrogen) atoms. The number of benzene rings is 3. The van der Waals surface area contributed by atoms with Crippen molar-refractivity contribution in [2.24, 2.45) is 0 Å². The van der Waals surface area contributed by atoms with Crippen LogP contribution in [0.25, 0.3) is 33.4 Å². The first-order valence-electron chi connectivity index (χ1n) is 15.1. The average molecular weight is 678 g/mol. The molecule has 0 aliphatic heterocycles. The van der Waals surface area contributed by atoms with Gasteiger partial charge in [-0.05, 0) is 54.4 Å². The normalized spacial score (nSPS) is 17.5. The van der Waals surface area contributed by atoms with Crippen LogP contribution < -0.4 is 15.4 Å². The van der Waals surface area contributed by atoms with Crippen molar-refractivity contribution in [2.75, 3.05) is 17.5 Å². The minimum atomic E-state index is -3.97. The van der Waals surface area contributed by atoms with Gasteiger partial charge in [-0.15, -0.1) is 0 Å². The van der Waals surface area contributed by atoms with E-state index in [9.17, 15) is 26.8 Å². The van der Waals surface area contributed by atoms with Gasteiger partial charge in [0.25, 0.3) is 11.8 Å². The molecule has 0 atom stereocenters. The topological polar surface area (TPSA) is 143 Å². The Morgan fingerprint density at radius 1 is 0.979 bits per heavy atom. The van der Waals surface area contributed by atoms with E-state index >= 15 is 4.39 Å². The lowest BCUT2D eigenvalue weighted by Crippen LogP contribution is -2.56. The van der Waals surface area contributed by atoms with Crippen molar-refractivity contribution in [1.29, 1.82) is 0 Å².